The fourth-order valence-corrected chi connectivity index (χ4v) is 3.28. The predicted octanol–water partition coefficient (Wildman–Crippen LogP) is -0.253. The van der Waals surface area contributed by atoms with Crippen LogP contribution in [0.2, 0.25) is 0 Å². The van der Waals surface area contributed by atoms with Gasteiger partial charge >= 0.3 is 0 Å². The van der Waals surface area contributed by atoms with Crippen molar-refractivity contribution < 1.29 is 44.6 Å². The Balaban J connectivity index is 0.000000233. The Hall–Kier alpha value is -2.94. The Morgan fingerprint density at radius 2 is 1.26 bits per heavy atom. The molecular formula is C17H18N2O10S2. The van der Waals surface area contributed by atoms with Crippen molar-refractivity contribution in [3.63, 3.8) is 0 Å². The maximum Gasteiger partial charge on any atom is 0.287 e. The van der Waals surface area contributed by atoms with E-state index in [1.54, 1.807) is 30.3 Å². The van der Waals surface area contributed by atoms with Gasteiger partial charge in [-0.15, -0.1) is 18.7 Å². The number of piperidine rings is 1. The van der Waals surface area contributed by atoms with Gasteiger partial charge in [0.2, 0.25) is 0 Å². The molecule has 2 aliphatic heterocycles. The van der Waals surface area contributed by atoms with E-state index >= 15 is 0 Å². The Morgan fingerprint density at radius 1 is 0.774 bits per heavy atom. The summed E-state index contributed by atoms with van der Waals surface area (Å²) in [6, 6.07) is 8.44. The summed E-state index contributed by atoms with van der Waals surface area (Å²) < 4.78 is 51.6. The minimum atomic E-state index is -3.93. The van der Waals surface area contributed by atoms with Crippen LogP contribution in [0.1, 0.15) is 24.8 Å². The first-order chi connectivity index (χ1) is 14.3. The molecule has 0 saturated carbocycles. The Bertz CT molecular complexity index is 1120. The largest absolute Gasteiger partial charge is 0.287 e. The highest BCUT2D eigenvalue weighted by molar-refractivity contribution is 7.86. The average molecular weight is 474 g/mol. The van der Waals surface area contributed by atoms with Crippen LogP contribution in [0.4, 0.5) is 0 Å². The molecule has 1 fully saturated rings. The monoisotopic (exact) mass is 474 g/mol. The molecule has 1 aromatic rings. The minimum absolute atomic E-state index is 0.101. The van der Waals surface area contributed by atoms with Crippen molar-refractivity contribution in [2.75, 3.05) is 12.5 Å². The summed E-state index contributed by atoms with van der Waals surface area (Å²) in [5.41, 5.74) is 0.625. The van der Waals surface area contributed by atoms with Crippen LogP contribution in [-0.4, -0.2) is 63.1 Å². The number of carbonyl (C=O) groups excluding carboxylic acids is 4. The highest BCUT2D eigenvalue weighted by atomic mass is 32.2. The third kappa shape index (κ3) is 7.06. The molecule has 0 aromatic heterocycles. The zero-order chi connectivity index (χ0) is 23.4. The summed E-state index contributed by atoms with van der Waals surface area (Å²) in [6.45, 7) is 0. The lowest BCUT2D eigenvalue weighted by Crippen LogP contribution is -2.41. The second-order valence-corrected chi connectivity index (χ2v) is 9.47. The summed E-state index contributed by atoms with van der Waals surface area (Å²) in [5, 5.41) is 0.552. The minimum Gasteiger partial charge on any atom is -0.272 e. The lowest BCUT2D eigenvalue weighted by atomic mass is 10.1. The number of nitrogens with zero attached hydrogens (tertiary/aromatic N) is 2. The molecule has 31 heavy (non-hydrogen) atoms. The van der Waals surface area contributed by atoms with Crippen LogP contribution < -0.4 is 0 Å². The molecule has 0 spiro atoms. The molecular weight excluding hydrogens is 456 g/mol. The molecule has 0 radical (unpaired) electrons. The van der Waals surface area contributed by atoms with E-state index in [0.29, 0.717) is 17.0 Å². The van der Waals surface area contributed by atoms with Gasteiger partial charge in [-0.05, 0) is 12.0 Å². The van der Waals surface area contributed by atoms with Crippen LogP contribution >= 0.6 is 0 Å². The van der Waals surface area contributed by atoms with Crippen LogP contribution in [-0.2, 0) is 48.0 Å². The molecule has 12 nitrogen and oxygen atoms in total. The quantitative estimate of drug-likeness (QED) is 0.520. The highest BCUT2D eigenvalue weighted by Gasteiger charge is 2.35. The van der Waals surface area contributed by atoms with Crippen LogP contribution in [0.15, 0.2) is 36.4 Å². The van der Waals surface area contributed by atoms with E-state index in [4.69, 9.17) is 0 Å². The van der Waals surface area contributed by atoms with Crippen molar-refractivity contribution in [3.05, 3.63) is 42.0 Å². The fourth-order valence-electron chi connectivity index (χ4n) is 2.44. The van der Waals surface area contributed by atoms with Crippen molar-refractivity contribution >= 4 is 49.4 Å². The number of hydrogen-bond donors (Lipinski definition) is 0. The van der Waals surface area contributed by atoms with Gasteiger partial charge in [0, 0.05) is 18.9 Å². The molecule has 1 aromatic carbocycles. The molecule has 168 valence electrons. The molecule has 1 saturated heterocycles. The standard InChI is InChI=1S/C11H9NO5S.C6H9NO5S/c1-18(15,16)17-12-10(13)7-9(11(12)14)8-5-3-2-4-6-8;1-13(10,11)12-7-5(8)3-2-4-6(7)9/h2-7H,1H3;2-4H2,1H3. The molecule has 2 heterocycles. The van der Waals surface area contributed by atoms with Crippen molar-refractivity contribution in [1.82, 2.24) is 10.1 Å². The summed E-state index contributed by atoms with van der Waals surface area (Å²) in [7, 11) is -7.73. The Morgan fingerprint density at radius 3 is 1.74 bits per heavy atom. The average Bonchev–Trinajstić information content (AvgIpc) is 2.92. The van der Waals surface area contributed by atoms with Gasteiger partial charge in [0.15, 0.2) is 0 Å². The summed E-state index contributed by atoms with van der Waals surface area (Å²) in [5.74, 6) is -2.83. The zero-order valence-corrected chi connectivity index (χ0v) is 18.0. The van der Waals surface area contributed by atoms with Crippen molar-refractivity contribution in [2.24, 2.45) is 0 Å². The number of imide groups is 2. The highest BCUT2D eigenvalue weighted by Crippen LogP contribution is 2.24. The van der Waals surface area contributed by atoms with Gasteiger partial charge in [-0.25, -0.2) is 0 Å². The van der Waals surface area contributed by atoms with Gasteiger partial charge in [0.25, 0.3) is 43.9 Å². The molecule has 4 amide bonds. The molecule has 3 rings (SSSR count). The number of carbonyl (C=O) groups is 4. The third-order valence-corrected chi connectivity index (χ3v) is 4.46. The number of amides is 4. The van der Waals surface area contributed by atoms with E-state index in [1.807, 2.05) is 0 Å². The molecule has 0 bridgehead atoms. The number of hydrogen-bond acceptors (Lipinski definition) is 10. The van der Waals surface area contributed by atoms with Crippen molar-refractivity contribution in [3.8, 4) is 0 Å². The lowest BCUT2D eigenvalue weighted by Gasteiger charge is -2.21. The molecule has 14 heteroatoms. The number of rotatable bonds is 5. The molecule has 2 aliphatic rings. The van der Waals surface area contributed by atoms with E-state index in [2.05, 4.69) is 8.57 Å². The first-order valence-corrected chi connectivity index (χ1v) is 12.2. The molecule has 0 aliphatic carbocycles. The van der Waals surface area contributed by atoms with Crippen LogP contribution in [0, 0.1) is 0 Å². The van der Waals surface area contributed by atoms with Crippen LogP contribution in [0.5, 0.6) is 0 Å². The fraction of sp³-hybridized carbons (Fsp3) is 0.294. The van der Waals surface area contributed by atoms with Crippen LogP contribution in [0.3, 0.4) is 0 Å². The smallest absolute Gasteiger partial charge is 0.272 e. The number of benzene rings is 1. The summed E-state index contributed by atoms with van der Waals surface area (Å²) >= 11 is 0. The first kappa shape index (κ1) is 24.3. The van der Waals surface area contributed by atoms with E-state index < -0.39 is 43.9 Å². The van der Waals surface area contributed by atoms with E-state index in [1.165, 1.54) is 0 Å². The van der Waals surface area contributed by atoms with Gasteiger partial charge in [-0.2, -0.15) is 16.8 Å². The Labute approximate surface area is 178 Å². The molecule has 0 unspecified atom stereocenters. The normalized spacial score (nSPS) is 17.4. The van der Waals surface area contributed by atoms with Gasteiger partial charge in [-0.3, -0.25) is 19.2 Å². The van der Waals surface area contributed by atoms with Gasteiger partial charge in [-0.1, -0.05) is 30.3 Å². The topological polar surface area (TPSA) is 161 Å². The summed E-state index contributed by atoms with van der Waals surface area (Å²) in [6.07, 6.45) is 3.31. The van der Waals surface area contributed by atoms with Crippen molar-refractivity contribution in [2.45, 2.75) is 19.3 Å². The van der Waals surface area contributed by atoms with E-state index in [-0.39, 0.29) is 23.5 Å². The molecule has 0 atom stereocenters. The lowest BCUT2D eigenvalue weighted by molar-refractivity contribution is -0.175. The van der Waals surface area contributed by atoms with Gasteiger partial charge < -0.3 is 0 Å². The summed E-state index contributed by atoms with van der Waals surface area (Å²) in [4.78, 5) is 45.3. The zero-order valence-electron chi connectivity index (χ0n) is 16.4. The second kappa shape index (κ2) is 9.47. The van der Waals surface area contributed by atoms with Gasteiger partial charge in [0.05, 0.1) is 18.1 Å². The van der Waals surface area contributed by atoms with Crippen molar-refractivity contribution in [1.29, 1.82) is 0 Å². The van der Waals surface area contributed by atoms with E-state index in [0.717, 1.165) is 18.6 Å². The predicted molar refractivity (Wildman–Crippen MR) is 104 cm³/mol. The first-order valence-electron chi connectivity index (χ1n) is 8.59. The van der Waals surface area contributed by atoms with Crippen LogP contribution in [0.25, 0.3) is 5.57 Å². The van der Waals surface area contributed by atoms with Gasteiger partial charge in [0.1, 0.15) is 0 Å². The molecule has 0 N–H and O–H groups in total. The SMILES string of the molecule is CS(=O)(=O)ON1C(=O)C=C(c2ccccc2)C1=O.CS(=O)(=O)ON1C(=O)CCCC1=O. The maximum atomic E-state index is 11.8. The second-order valence-electron chi connectivity index (χ2n) is 6.35. The third-order valence-electron chi connectivity index (χ3n) is 3.62. The van der Waals surface area contributed by atoms with E-state index in [9.17, 15) is 36.0 Å². The Kier molecular flexibility index (Phi) is 7.43. The maximum absolute atomic E-state index is 11.8. The number of hydroxylamine groups is 4.